The van der Waals surface area contributed by atoms with Crippen molar-refractivity contribution in [3.05, 3.63) is 24.3 Å². The van der Waals surface area contributed by atoms with Crippen LogP contribution in [0.25, 0.3) is 0 Å². The molecule has 0 amide bonds. The van der Waals surface area contributed by atoms with E-state index in [0.717, 1.165) is 25.7 Å². The Kier molecular flexibility index (Phi) is 4.56. The van der Waals surface area contributed by atoms with Gasteiger partial charge in [0, 0.05) is 0 Å². The van der Waals surface area contributed by atoms with E-state index in [9.17, 15) is 9.59 Å². The zero-order valence-corrected chi connectivity index (χ0v) is 11.7. The highest BCUT2D eigenvalue weighted by molar-refractivity contribution is 5.88. The topological polar surface area (TPSA) is 43.4 Å². The second-order valence-corrected chi connectivity index (χ2v) is 5.68. The lowest BCUT2D eigenvalue weighted by Gasteiger charge is -2.25. The van der Waals surface area contributed by atoms with Crippen LogP contribution in [0.3, 0.4) is 0 Å². The van der Waals surface area contributed by atoms with Crippen LogP contribution in [0.5, 0.6) is 0 Å². The molecule has 0 aromatic rings. The maximum absolute atomic E-state index is 12.1. The van der Waals surface area contributed by atoms with Crippen LogP contribution in [-0.2, 0) is 14.3 Å². The van der Waals surface area contributed by atoms with Gasteiger partial charge in [0.05, 0.1) is 11.8 Å². The summed E-state index contributed by atoms with van der Waals surface area (Å²) in [5.41, 5.74) is 0. The molecule has 2 rings (SSSR count). The van der Waals surface area contributed by atoms with E-state index in [2.05, 4.69) is 12.2 Å². The second-order valence-electron chi connectivity index (χ2n) is 5.68. The fraction of sp³-hybridized carbons (Fsp3) is 0.625. The Balaban J connectivity index is 1.93. The van der Waals surface area contributed by atoms with E-state index in [4.69, 9.17) is 4.74 Å². The first-order chi connectivity index (χ1) is 9.09. The molecule has 19 heavy (non-hydrogen) atoms. The summed E-state index contributed by atoms with van der Waals surface area (Å²) in [5, 5.41) is 0. The van der Waals surface area contributed by atoms with Crippen molar-refractivity contribution in [3.8, 4) is 0 Å². The number of rotatable bonds is 2. The normalized spacial score (nSPS) is 34.0. The van der Waals surface area contributed by atoms with Gasteiger partial charge in [0.2, 0.25) is 0 Å². The zero-order chi connectivity index (χ0) is 13.8. The average molecular weight is 262 g/mol. The molecule has 0 radical (unpaired) electrons. The van der Waals surface area contributed by atoms with E-state index in [1.54, 1.807) is 0 Å². The fourth-order valence-corrected chi connectivity index (χ4v) is 2.88. The van der Waals surface area contributed by atoms with Crippen LogP contribution >= 0.6 is 0 Å². The highest BCUT2D eigenvalue weighted by Crippen LogP contribution is 2.28. The quantitative estimate of drug-likeness (QED) is 0.436. The number of carbonyl (C=O) groups excluding carboxylic acids is 2. The Morgan fingerprint density at radius 2 is 1.32 bits per heavy atom. The van der Waals surface area contributed by atoms with Gasteiger partial charge in [0.1, 0.15) is 0 Å². The lowest BCUT2D eigenvalue weighted by Crippen LogP contribution is -2.32. The van der Waals surface area contributed by atoms with Crippen LogP contribution in [0, 0.1) is 23.7 Å². The Morgan fingerprint density at radius 1 is 0.895 bits per heavy atom. The molecule has 4 atom stereocenters. The molecular weight excluding hydrogens is 240 g/mol. The number of hydrogen-bond donors (Lipinski definition) is 0. The molecule has 0 saturated carbocycles. The monoisotopic (exact) mass is 262 g/mol. The summed E-state index contributed by atoms with van der Waals surface area (Å²) in [6, 6.07) is 0. The minimum atomic E-state index is -0.344. The van der Waals surface area contributed by atoms with Gasteiger partial charge in [-0.15, -0.1) is 0 Å². The molecule has 0 aromatic carbocycles. The molecule has 4 unspecified atom stereocenters. The smallest absolute Gasteiger partial charge is 0.317 e. The van der Waals surface area contributed by atoms with Crippen molar-refractivity contribution in [3.63, 3.8) is 0 Å². The molecule has 0 spiro atoms. The van der Waals surface area contributed by atoms with Gasteiger partial charge in [0.15, 0.2) is 0 Å². The number of carbonyl (C=O) groups is 2. The maximum atomic E-state index is 12.1. The van der Waals surface area contributed by atoms with Crippen molar-refractivity contribution in [1.82, 2.24) is 0 Å². The van der Waals surface area contributed by atoms with Gasteiger partial charge in [-0.25, -0.2) is 0 Å². The van der Waals surface area contributed by atoms with Crippen LogP contribution < -0.4 is 0 Å². The van der Waals surface area contributed by atoms with E-state index in [1.165, 1.54) is 0 Å². The van der Waals surface area contributed by atoms with Crippen LogP contribution in [0.1, 0.15) is 39.5 Å². The third-order valence-electron chi connectivity index (χ3n) is 4.24. The van der Waals surface area contributed by atoms with E-state index < -0.39 is 0 Å². The van der Waals surface area contributed by atoms with Crippen molar-refractivity contribution >= 4 is 11.9 Å². The van der Waals surface area contributed by atoms with Gasteiger partial charge in [-0.3, -0.25) is 9.59 Å². The molecule has 0 bridgehead atoms. The maximum Gasteiger partial charge on any atom is 0.317 e. The lowest BCUT2D eigenvalue weighted by molar-refractivity contribution is -0.167. The van der Waals surface area contributed by atoms with Crippen molar-refractivity contribution in [2.24, 2.45) is 23.7 Å². The Labute approximate surface area is 114 Å². The average Bonchev–Trinajstić information content (AvgIpc) is 2.39. The summed E-state index contributed by atoms with van der Waals surface area (Å²) in [6.07, 6.45) is 11.6. The largest absolute Gasteiger partial charge is 0.393 e. The third-order valence-corrected chi connectivity index (χ3v) is 4.24. The first kappa shape index (κ1) is 14.0. The predicted octanol–water partition coefficient (Wildman–Crippen LogP) is 3.26. The van der Waals surface area contributed by atoms with Crippen LogP contribution in [0.2, 0.25) is 0 Å². The molecule has 2 aliphatic rings. The molecule has 3 heteroatoms. The molecule has 2 aliphatic carbocycles. The summed E-state index contributed by atoms with van der Waals surface area (Å²) in [6.45, 7) is 4.00. The summed E-state index contributed by atoms with van der Waals surface area (Å²) in [4.78, 5) is 24.1. The number of allylic oxidation sites excluding steroid dienone is 4. The minimum Gasteiger partial charge on any atom is -0.393 e. The summed E-state index contributed by atoms with van der Waals surface area (Å²) < 4.78 is 5.12. The van der Waals surface area contributed by atoms with Gasteiger partial charge in [-0.1, -0.05) is 38.2 Å². The lowest BCUT2D eigenvalue weighted by atomic mass is 9.84. The summed E-state index contributed by atoms with van der Waals surface area (Å²) >= 11 is 0. The highest BCUT2D eigenvalue weighted by Gasteiger charge is 2.32. The van der Waals surface area contributed by atoms with Crippen LogP contribution in [0.4, 0.5) is 0 Å². The standard InChI is InChI=1S/C16H22O3/c1-11-7-3-5-9-13(11)15(17)19-16(18)14-10-6-4-8-12(14)2/h3-4,7-8,11-14H,5-6,9-10H2,1-2H3. The molecule has 3 nitrogen and oxygen atoms in total. The second kappa shape index (κ2) is 6.18. The minimum absolute atomic E-state index is 0.164. The van der Waals surface area contributed by atoms with Crippen molar-refractivity contribution in [1.29, 1.82) is 0 Å². The fourth-order valence-electron chi connectivity index (χ4n) is 2.88. The van der Waals surface area contributed by atoms with Crippen molar-refractivity contribution in [2.45, 2.75) is 39.5 Å². The molecule has 0 heterocycles. The molecule has 0 N–H and O–H groups in total. The number of hydrogen-bond acceptors (Lipinski definition) is 3. The van der Waals surface area contributed by atoms with Gasteiger partial charge in [-0.2, -0.15) is 0 Å². The molecule has 0 aliphatic heterocycles. The van der Waals surface area contributed by atoms with Gasteiger partial charge >= 0.3 is 11.9 Å². The molecule has 0 saturated heterocycles. The molecule has 0 aromatic heterocycles. The van der Waals surface area contributed by atoms with Gasteiger partial charge < -0.3 is 4.74 Å². The Hall–Kier alpha value is -1.38. The number of ether oxygens (including phenoxy) is 1. The van der Waals surface area contributed by atoms with Gasteiger partial charge in [-0.05, 0) is 37.5 Å². The van der Waals surface area contributed by atoms with Crippen molar-refractivity contribution in [2.75, 3.05) is 0 Å². The Bertz CT molecular complexity index is 370. The summed E-state index contributed by atoms with van der Waals surface area (Å²) in [7, 11) is 0. The van der Waals surface area contributed by atoms with E-state index in [0.29, 0.717) is 0 Å². The van der Waals surface area contributed by atoms with E-state index in [1.807, 2.05) is 26.0 Å². The van der Waals surface area contributed by atoms with Crippen molar-refractivity contribution < 1.29 is 14.3 Å². The van der Waals surface area contributed by atoms with Crippen LogP contribution in [-0.4, -0.2) is 11.9 Å². The zero-order valence-electron chi connectivity index (χ0n) is 11.7. The molecular formula is C16H22O3. The molecule has 104 valence electrons. The summed E-state index contributed by atoms with van der Waals surface area (Å²) in [5.74, 6) is -0.686. The first-order valence-electron chi connectivity index (χ1n) is 7.18. The Morgan fingerprint density at radius 3 is 1.68 bits per heavy atom. The number of esters is 2. The highest BCUT2D eigenvalue weighted by atomic mass is 16.6. The molecule has 0 fully saturated rings. The predicted molar refractivity (Wildman–Crippen MR) is 73.2 cm³/mol. The van der Waals surface area contributed by atoms with Gasteiger partial charge in [0.25, 0.3) is 0 Å². The van der Waals surface area contributed by atoms with Crippen LogP contribution in [0.15, 0.2) is 24.3 Å². The van der Waals surface area contributed by atoms with E-state index >= 15 is 0 Å². The third kappa shape index (κ3) is 3.34. The SMILES string of the molecule is CC1C=CCCC1C(=O)OC(=O)C1CCC=CC1C. The van der Waals surface area contributed by atoms with E-state index in [-0.39, 0.29) is 35.6 Å². The first-order valence-corrected chi connectivity index (χ1v) is 7.18.